The molecule has 3 nitrogen and oxygen atoms in total. The fraction of sp³-hybridized carbons (Fsp3) is 0.778. The molecule has 1 N–H and O–H groups in total. The minimum absolute atomic E-state index is 0.0847. The van der Waals surface area contributed by atoms with Crippen molar-refractivity contribution in [1.82, 2.24) is 0 Å². The van der Waals surface area contributed by atoms with Gasteiger partial charge in [-0.2, -0.15) is 0 Å². The highest BCUT2D eigenvalue weighted by Crippen LogP contribution is 2.07. The summed E-state index contributed by atoms with van der Waals surface area (Å²) in [5.74, 6) is 0.298. The molecule has 0 saturated carbocycles. The van der Waals surface area contributed by atoms with Crippen LogP contribution in [0.4, 0.5) is 0 Å². The number of rotatable bonds is 6. The van der Waals surface area contributed by atoms with E-state index >= 15 is 0 Å². The van der Waals surface area contributed by atoms with Gasteiger partial charge < -0.3 is 14.6 Å². The highest BCUT2D eigenvalue weighted by Gasteiger charge is 2.08. The average molecular weight is 174 g/mol. The van der Waals surface area contributed by atoms with Crippen LogP contribution in [0, 0.1) is 5.92 Å². The van der Waals surface area contributed by atoms with Gasteiger partial charge in [0.2, 0.25) is 0 Å². The molecule has 0 spiro atoms. The second-order valence-corrected chi connectivity index (χ2v) is 2.75. The van der Waals surface area contributed by atoms with Gasteiger partial charge in [-0.05, 0) is 6.92 Å². The lowest BCUT2D eigenvalue weighted by Crippen LogP contribution is -2.17. The largest absolute Gasteiger partial charge is 0.392 e. The molecule has 0 aliphatic heterocycles. The van der Waals surface area contributed by atoms with Crippen molar-refractivity contribution in [2.75, 3.05) is 20.5 Å². The summed E-state index contributed by atoms with van der Waals surface area (Å²) < 4.78 is 10.1. The van der Waals surface area contributed by atoms with Gasteiger partial charge in [0.05, 0.1) is 12.7 Å². The monoisotopic (exact) mass is 174 g/mol. The molecule has 0 unspecified atom stereocenters. The summed E-state index contributed by atoms with van der Waals surface area (Å²) in [6.45, 7) is 4.41. The molecule has 0 saturated heterocycles. The molecule has 72 valence electrons. The molecule has 0 aromatic heterocycles. The van der Waals surface area contributed by atoms with Crippen molar-refractivity contribution < 1.29 is 14.6 Å². The maximum atomic E-state index is 8.52. The van der Waals surface area contributed by atoms with Gasteiger partial charge in [-0.15, -0.1) is 0 Å². The third-order valence-electron chi connectivity index (χ3n) is 1.73. The molecule has 0 radical (unpaired) electrons. The normalized spacial score (nSPS) is 16.7. The van der Waals surface area contributed by atoms with E-state index in [1.807, 2.05) is 19.9 Å². The van der Waals surface area contributed by atoms with Crippen molar-refractivity contribution in [2.45, 2.75) is 20.0 Å². The first-order valence-electron chi connectivity index (χ1n) is 4.10. The van der Waals surface area contributed by atoms with Crippen LogP contribution in [-0.2, 0) is 9.47 Å². The van der Waals surface area contributed by atoms with E-state index in [1.165, 1.54) is 0 Å². The zero-order valence-corrected chi connectivity index (χ0v) is 7.99. The van der Waals surface area contributed by atoms with Crippen molar-refractivity contribution in [1.29, 1.82) is 0 Å². The highest BCUT2D eigenvalue weighted by molar-refractivity contribution is 4.88. The maximum Gasteiger partial charge on any atom is 0.146 e. The summed E-state index contributed by atoms with van der Waals surface area (Å²) in [6, 6.07) is 0. The molecule has 0 heterocycles. The Balaban J connectivity index is 3.60. The summed E-state index contributed by atoms with van der Waals surface area (Å²) >= 11 is 0. The van der Waals surface area contributed by atoms with Crippen molar-refractivity contribution in [3.8, 4) is 0 Å². The van der Waals surface area contributed by atoms with Crippen LogP contribution in [0.3, 0.4) is 0 Å². The van der Waals surface area contributed by atoms with Crippen LogP contribution in [0.15, 0.2) is 12.2 Å². The van der Waals surface area contributed by atoms with E-state index < -0.39 is 0 Å². The Hall–Kier alpha value is -0.380. The van der Waals surface area contributed by atoms with Crippen LogP contribution in [-0.4, -0.2) is 31.7 Å². The molecule has 0 amide bonds. The van der Waals surface area contributed by atoms with Crippen LogP contribution in [0.25, 0.3) is 0 Å². The molecule has 0 bridgehead atoms. The molecule has 0 aromatic rings. The summed E-state index contributed by atoms with van der Waals surface area (Å²) in [5.41, 5.74) is 0. The summed E-state index contributed by atoms with van der Waals surface area (Å²) in [5, 5.41) is 8.52. The minimum atomic E-state index is 0.0847. The lowest BCUT2D eigenvalue weighted by atomic mass is 10.1. The predicted molar refractivity (Wildman–Crippen MR) is 47.8 cm³/mol. The lowest BCUT2D eigenvalue weighted by Gasteiger charge is -2.16. The Bertz CT molecular complexity index is 123. The number of ether oxygens (including phenoxy) is 2. The quantitative estimate of drug-likeness (QED) is 0.485. The molecule has 0 rings (SSSR count). The van der Waals surface area contributed by atoms with Gasteiger partial charge in [-0.3, -0.25) is 0 Å². The Morgan fingerprint density at radius 3 is 2.58 bits per heavy atom. The van der Waals surface area contributed by atoms with Gasteiger partial charge in [0, 0.05) is 13.0 Å². The second-order valence-electron chi connectivity index (χ2n) is 2.75. The first-order chi connectivity index (χ1) is 5.72. The van der Waals surface area contributed by atoms with Gasteiger partial charge in [-0.25, -0.2) is 0 Å². The number of aliphatic hydroxyl groups excluding tert-OH is 1. The number of hydrogen-bond acceptors (Lipinski definition) is 3. The van der Waals surface area contributed by atoms with Crippen molar-refractivity contribution >= 4 is 0 Å². The van der Waals surface area contributed by atoms with E-state index in [4.69, 9.17) is 14.6 Å². The predicted octanol–water partition coefficient (Wildman–Crippen LogP) is 1.18. The zero-order chi connectivity index (χ0) is 9.40. The molecule has 0 fully saturated rings. The molecule has 0 aliphatic rings. The van der Waals surface area contributed by atoms with E-state index in [0.29, 0.717) is 12.7 Å². The highest BCUT2D eigenvalue weighted by atomic mass is 16.7. The molecule has 3 heteroatoms. The van der Waals surface area contributed by atoms with Gasteiger partial charge >= 0.3 is 0 Å². The molecule has 12 heavy (non-hydrogen) atoms. The Labute approximate surface area is 74.0 Å². The van der Waals surface area contributed by atoms with Crippen molar-refractivity contribution in [2.24, 2.45) is 5.92 Å². The van der Waals surface area contributed by atoms with E-state index in [2.05, 4.69) is 0 Å². The summed E-state index contributed by atoms with van der Waals surface area (Å²) in [7, 11) is 1.60. The number of aliphatic hydroxyl groups is 1. The first kappa shape index (κ1) is 11.6. The smallest absolute Gasteiger partial charge is 0.146 e. The standard InChI is InChI=1S/C9H18O3/c1-8(5-4-6-10)9(2)12-7-11-3/h4-5,8-10H,6-7H2,1-3H3/b5-4+/t8-,9+/m0/s1. The van der Waals surface area contributed by atoms with E-state index in [1.54, 1.807) is 13.2 Å². The van der Waals surface area contributed by atoms with E-state index in [0.717, 1.165) is 0 Å². The Morgan fingerprint density at radius 1 is 1.42 bits per heavy atom. The SMILES string of the molecule is COCO[C@H](C)[C@@H](C)/C=C/CO. The van der Waals surface area contributed by atoms with E-state index in [9.17, 15) is 0 Å². The van der Waals surface area contributed by atoms with Crippen LogP contribution in [0.2, 0.25) is 0 Å². The molecular weight excluding hydrogens is 156 g/mol. The van der Waals surface area contributed by atoms with Gasteiger partial charge in [-0.1, -0.05) is 19.1 Å². The third kappa shape index (κ3) is 5.29. The van der Waals surface area contributed by atoms with E-state index in [-0.39, 0.29) is 12.7 Å². The fourth-order valence-corrected chi connectivity index (χ4v) is 0.759. The zero-order valence-electron chi connectivity index (χ0n) is 7.99. The minimum Gasteiger partial charge on any atom is -0.392 e. The average Bonchev–Trinajstić information content (AvgIpc) is 2.10. The van der Waals surface area contributed by atoms with Gasteiger partial charge in [0.1, 0.15) is 6.79 Å². The number of methoxy groups -OCH3 is 1. The summed E-state index contributed by atoms with van der Waals surface area (Å²) in [6.07, 6.45) is 3.77. The van der Waals surface area contributed by atoms with Gasteiger partial charge in [0.25, 0.3) is 0 Å². The third-order valence-corrected chi connectivity index (χ3v) is 1.73. The first-order valence-corrected chi connectivity index (χ1v) is 4.10. The summed E-state index contributed by atoms with van der Waals surface area (Å²) in [4.78, 5) is 0. The second kappa shape index (κ2) is 7.28. The Morgan fingerprint density at radius 2 is 2.08 bits per heavy atom. The van der Waals surface area contributed by atoms with Crippen LogP contribution >= 0.6 is 0 Å². The Kier molecular flexibility index (Phi) is 7.05. The van der Waals surface area contributed by atoms with Crippen molar-refractivity contribution in [3.05, 3.63) is 12.2 Å². The fourth-order valence-electron chi connectivity index (χ4n) is 0.759. The topological polar surface area (TPSA) is 38.7 Å². The lowest BCUT2D eigenvalue weighted by molar-refractivity contribution is -0.0758. The van der Waals surface area contributed by atoms with Crippen LogP contribution in [0.5, 0.6) is 0 Å². The molecule has 0 aliphatic carbocycles. The molecule has 2 atom stereocenters. The maximum absolute atomic E-state index is 8.52. The van der Waals surface area contributed by atoms with Gasteiger partial charge in [0.15, 0.2) is 0 Å². The molecular formula is C9H18O3. The van der Waals surface area contributed by atoms with Crippen molar-refractivity contribution in [3.63, 3.8) is 0 Å². The van der Waals surface area contributed by atoms with Crippen LogP contribution in [0.1, 0.15) is 13.8 Å². The number of hydrogen-bond donors (Lipinski definition) is 1. The van der Waals surface area contributed by atoms with Crippen LogP contribution < -0.4 is 0 Å². The molecule has 0 aromatic carbocycles.